The zero-order valence-electron chi connectivity index (χ0n) is 29.8. The van der Waals surface area contributed by atoms with Gasteiger partial charge in [0.1, 0.15) is 49.2 Å². The van der Waals surface area contributed by atoms with E-state index < -0.39 is 35.7 Å². The Morgan fingerprint density at radius 3 is 1.80 bits per heavy atom. The Morgan fingerprint density at radius 1 is 0.722 bits per heavy atom. The Hall–Kier alpha value is -6.57. The van der Waals surface area contributed by atoms with Gasteiger partial charge in [0.25, 0.3) is 5.91 Å². The van der Waals surface area contributed by atoms with Crippen LogP contribution in [0.25, 0.3) is 46.3 Å². The molecule has 20 nitrogen and oxygen atoms in total. The van der Waals surface area contributed by atoms with Gasteiger partial charge >= 0.3 is 12.1 Å². The number of hydrogen-bond donors (Lipinski definition) is 4. The number of oxazole rings is 6. The molecule has 5 N–H and O–H groups in total. The lowest BCUT2D eigenvalue weighted by Gasteiger charge is -2.19. The first-order valence-electron chi connectivity index (χ1n) is 16.7. The Labute approximate surface area is 305 Å². The standard InChI is InChI=1S/C34H37N9O11/c1-16(2)24(31-41-22(14-53-31)29-40-21(13-51-29)30-42-23(15-52-30)32(45)46)43-25(44)18-10-49-27(37-18)20-12-50-28(39-20)19-11-48-26(38-19)17(35)8-6-7-9-36-33(47)54-34(3,4)5/h10-17,24H,6-9,35H2,1-5H3,(H,36,47)(H,43,44)(H,45,46). The van der Waals surface area contributed by atoms with Crippen LogP contribution in [0.3, 0.4) is 0 Å². The lowest BCUT2D eigenvalue weighted by Crippen LogP contribution is -2.33. The third-order valence-electron chi connectivity index (χ3n) is 7.54. The second-order valence-corrected chi connectivity index (χ2v) is 13.3. The third-order valence-corrected chi connectivity index (χ3v) is 7.54. The van der Waals surface area contributed by atoms with E-state index in [9.17, 15) is 14.4 Å². The molecular formula is C34H37N9O11. The number of nitrogens with zero attached hydrogens (tertiary/aromatic N) is 6. The van der Waals surface area contributed by atoms with E-state index in [4.69, 9.17) is 42.1 Å². The van der Waals surface area contributed by atoms with Crippen molar-refractivity contribution in [3.63, 3.8) is 0 Å². The van der Waals surface area contributed by atoms with Gasteiger partial charge in [0.2, 0.25) is 35.3 Å². The molecule has 2 amide bonds. The number of carboxylic acids is 1. The van der Waals surface area contributed by atoms with Crippen molar-refractivity contribution in [1.82, 2.24) is 40.5 Å². The predicted octanol–water partition coefficient (Wildman–Crippen LogP) is 5.80. The normalized spacial score (nSPS) is 12.9. The van der Waals surface area contributed by atoms with Crippen LogP contribution in [-0.2, 0) is 4.74 Å². The quantitative estimate of drug-likeness (QED) is 0.0902. The molecule has 0 radical (unpaired) electrons. The Balaban J connectivity index is 1.03. The number of aromatic carboxylic acids is 1. The van der Waals surface area contributed by atoms with Crippen molar-refractivity contribution in [2.24, 2.45) is 11.7 Å². The maximum atomic E-state index is 13.3. The number of ether oxygens (including phenoxy) is 1. The molecule has 284 valence electrons. The molecule has 6 rings (SSSR count). The second-order valence-electron chi connectivity index (χ2n) is 13.3. The first-order chi connectivity index (χ1) is 25.7. The van der Waals surface area contributed by atoms with E-state index in [0.717, 1.165) is 6.26 Å². The van der Waals surface area contributed by atoms with Gasteiger partial charge in [-0.05, 0) is 46.0 Å². The van der Waals surface area contributed by atoms with E-state index in [1.165, 1.54) is 31.3 Å². The number of nitrogens with two attached hydrogens (primary N) is 1. The summed E-state index contributed by atoms with van der Waals surface area (Å²) in [7, 11) is 0. The summed E-state index contributed by atoms with van der Waals surface area (Å²) in [6.07, 6.45) is 8.89. The topological polar surface area (TPSA) is 287 Å². The van der Waals surface area contributed by atoms with Crippen molar-refractivity contribution < 1.29 is 50.7 Å². The molecule has 2 atom stereocenters. The van der Waals surface area contributed by atoms with E-state index in [-0.39, 0.29) is 63.8 Å². The molecule has 6 aromatic heterocycles. The molecule has 0 bridgehead atoms. The van der Waals surface area contributed by atoms with Gasteiger partial charge in [-0.3, -0.25) is 4.79 Å². The summed E-state index contributed by atoms with van der Waals surface area (Å²) in [5.74, 6) is -1.36. The van der Waals surface area contributed by atoms with Gasteiger partial charge in [-0.2, -0.15) is 0 Å². The minimum Gasteiger partial charge on any atom is -0.476 e. The summed E-state index contributed by atoms with van der Waals surface area (Å²) >= 11 is 0. The number of carbonyl (C=O) groups is 3. The summed E-state index contributed by atoms with van der Waals surface area (Å²) < 4.78 is 38.2. The zero-order chi connectivity index (χ0) is 38.6. The first-order valence-corrected chi connectivity index (χ1v) is 16.7. The molecule has 20 heteroatoms. The predicted molar refractivity (Wildman–Crippen MR) is 182 cm³/mol. The molecule has 0 spiro atoms. The number of carbonyl (C=O) groups excluding carboxylic acids is 2. The minimum absolute atomic E-state index is 0.0243. The van der Waals surface area contributed by atoms with E-state index >= 15 is 0 Å². The fourth-order valence-corrected chi connectivity index (χ4v) is 4.90. The molecule has 6 aromatic rings. The highest BCUT2D eigenvalue weighted by atomic mass is 16.6. The van der Waals surface area contributed by atoms with E-state index in [0.29, 0.717) is 37.4 Å². The van der Waals surface area contributed by atoms with E-state index in [2.05, 4.69) is 40.5 Å². The molecular weight excluding hydrogens is 710 g/mol. The van der Waals surface area contributed by atoms with Crippen LogP contribution in [0.2, 0.25) is 0 Å². The average molecular weight is 748 g/mol. The maximum Gasteiger partial charge on any atom is 0.407 e. The number of amides is 2. The van der Waals surface area contributed by atoms with Crippen LogP contribution in [0.1, 0.15) is 98.7 Å². The zero-order valence-corrected chi connectivity index (χ0v) is 29.8. The van der Waals surface area contributed by atoms with Crippen molar-refractivity contribution in [2.75, 3.05) is 6.54 Å². The SMILES string of the molecule is CC(C)C(NC(=O)c1coc(-c2coc(-c3coc(C(N)CCCCNC(=O)OC(C)(C)C)n3)n2)n1)c1nc(-c2nc(-c3nc(C(=O)O)co3)co2)co1. The first kappa shape index (κ1) is 37.2. The number of hydrogen-bond acceptors (Lipinski definition) is 17. The molecule has 6 heterocycles. The smallest absolute Gasteiger partial charge is 0.407 e. The third kappa shape index (κ3) is 8.89. The minimum atomic E-state index is -1.25. The highest BCUT2D eigenvalue weighted by Gasteiger charge is 2.28. The average Bonchev–Trinajstić information content (AvgIpc) is 3.96. The number of aromatic nitrogens is 6. The van der Waals surface area contributed by atoms with Gasteiger partial charge in [-0.1, -0.05) is 13.8 Å². The van der Waals surface area contributed by atoms with Crippen molar-refractivity contribution in [3.8, 4) is 46.3 Å². The molecule has 0 aliphatic heterocycles. The van der Waals surface area contributed by atoms with Crippen LogP contribution >= 0.6 is 0 Å². The highest BCUT2D eigenvalue weighted by molar-refractivity contribution is 5.92. The van der Waals surface area contributed by atoms with Crippen molar-refractivity contribution in [2.45, 2.75) is 71.6 Å². The maximum absolute atomic E-state index is 13.3. The summed E-state index contributed by atoms with van der Waals surface area (Å²) in [6.45, 7) is 9.57. The number of carboxylic acid groups (broad SMARTS) is 1. The summed E-state index contributed by atoms with van der Waals surface area (Å²) in [6, 6.07) is -1.18. The van der Waals surface area contributed by atoms with E-state index in [1.54, 1.807) is 20.8 Å². The van der Waals surface area contributed by atoms with Gasteiger partial charge < -0.3 is 52.7 Å². The second kappa shape index (κ2) is 15.6. The van der Waals surface area contributed by atoms with Gasteiger partial charge in [-0.25, -0.2) is 39.5 Å². The largest absolute Gasteiger partial charge is 0.476 e. The van der Waals surface area contributed by atoms with Crippen LogP contribution in [0.5, 0.6) is 0 Å². The Kier molecular flexibility index (Phi) is 10.7. The summed E-state index contributed by atoms with van der Waals surface area (Å²) in [4.78, 5) is 61.7. The van der Waals surface area contributed by atoms with Gasteiger partial charge in [0.05, 0.1) is 6.04 Å². The lowest BCUT2D eigenvalue weighted by atomic mass is 10.0. The molecule has 54 heavy (non-hydrogen) atoms. The van der Waals surface area contributed by atoms with Gasteiger partial charge in [-0.15, -0.1) is 0 Å². The highest BCUT2D eigenvalue weighted by Crippen LogP contribution is 2.29. The molecule has 2 unspecified atom stereocenters. The fourth-order valence-electron chi connectivity index (χ4n) is 4.90. The fraction of sp³-hybridized carbons (Fsp3) is 0.382. The summed E-state index contributed by atoms with van der Waals surface area (Å²) in [5, 5.41) is 14.6. The Bertz CT molecular complexity index is 2210. The number of rotatable bonds is 15. The van der Waals surface area contributed by atoms with Crippen LogP contribution in [0.4, 0.5) is 4.79 Å². The molecule has 0 saturated carbocycles. The van der Waals surface area contributed by atoms with Gasteiger partial charge in [0, 0.05) is 6.54 Å². The van der Waals surface area contributed by atoms with Crippen molar-refractivity contribution in [3.05, 3.63) is 60.7 Å². The van der Waals surface area contributed by atoms with Gasteiger partial charge in [0.15, 0.2) is 34.2 Å². The molecule has 0 aliphatic carbocycles. The monoisotopic (exact) mass is 747 g/mol. The van der Waals surface area contributed by atoms with Crippen LogP contribution in [0.15, 0.2) is 64.1 Å². The Morgan fingerprint density at radius 2 is 1.22 bits per heavy atom. The van der Waals surface area contributed by atoms with Crippen LogP contribution in [0, 0.1) is 5.92 Å². The summed E-state index contributed by atoms with van der Waals surface area (Å²) in [5.41, 5.74) is 6.28. The number of nitrogens with one attached hydrogen (secondary N) is 2. The number of alkyl carbamates (subject to hydrolysis) is 1. The van der Waals surface area contributed by atoms with E-state index in [1.807, 2.05) is 13.8 Å². The lowest BCUT2D eigenvalue weighted by molar-refractivity contribution is 0.0526. The molecule has 0 saturated heterocycles. The molecule has 0 aromatic carbocycles. The molecule has 0 aliphatic rings. The number of unbranched alkanes of at least 4 members (excludes halogenated alkanes) is 1. The molecule has 0 fully saturated rings. The van der Waals surface area contributed by atoms with Crippen LogP contribution in [-0.4, -0.2) is 65.1 Å². The van der Waals surface area contributed by atoms with Crippen molar-refractivity contribution in [1.29, 1.82) is 0 Å². The van der Waals surface area contributed by atoms with Crippen molar-refractivity contribution >= 4 is 18.0 Å². The van der Waals surface area contributed by atoms with Crippen LogP contribution < -0.4 is 16.4 Å².